The summed E-state index contributed by atoms with van der Waals surface area (Å²) in [6.45, 7) is 3.14. The lowest BCUT2D eigenvalue weighted by atomic mass is 10.2. The number of benzene rings is 1. The molecule has 7 heteroatoms. The summed E-state index contributed by atoms with van der Waals surface area (Å²) in [5.74, 6) is -0.290. The van der Waals surface area contributed by atoms with Gasteiger partial charge in [0, 0.05) is 19.2 Å². The molecule has 2 aromatic rings. The molecule has 1 N–H and O–H groups in total. The Labute approximate surface area is 129 Å². The first kappa shape index (κ1) is 14.2. The van der Waals surface area contributed by atoms with Crippen LogP contribution in [-0.2, 0) is 11.3 Å². The average Bonchev–Trinajstić information content (AvgIpc) is 2.67. The molecule has 1 aliphatic heterocycles. The van der Waals surface area contributed by atoms with Crippen LogP contribution in [0.5, 0.6) is 0 Å². The third-order valence-electron chi connectivity index (χ3n) is 3.54. The maximum atomic E-state index is 13.7. The topological polar surface area (TPSA) is 33.2 Å². The Kier molecular flexibility index (Phi) is 3.94. The van der Waals surface area contributed by atoms with Crippen molar-refractivity contribution in [2.24, 2.45) is 0 Å². The number of nitrogens with zero attached hydrogens (tertiary/aromatic N) is 2. The molecule has 2 heterocycles. The summed E-state index contributed by atoms with van der Waals surface area (Å²) in [6, 6.07) is 3.21. The van der Waals surface area contributed by atoms with E-state index in [1.54, 1.807) is 6.07 Å². The molecule has 1 unspecified atom stereocenters. The van der Waals surface area contributed by atoms with Crippen molar-refractivity contribution < 1.29 is 9.13 Å². The lowest BCUT2D eigenvalue weighted by Gasteiger charge is -2.30. The van der Waals surface area contributed by atoms with Crippen LogP contribution in [0.15, 0.2) is 16.6 Å². The molecule has 0 bridgehead atoms. The Morgan fingerprint density at radius 2 is 2.35 bits per heavy atom. The number of nitrogens with one attached hydrogen (secondary N) is 1. The van der Waals surface area contributed by atoms with Crippen LogP contribution in [0.2, 0.25) is 0 Å². The number of morpholine rings is 1. The van der Waals surface area contributed by atoms with Gasteiger partial charge in [0.15, 0.2) is 4.77 Å². The second kappa shape index (κ2) is 5.55. The van der Waals surface area contributed by atoms with Crippen molar-refractivity contribution in [1.82, 2.24) is 14.5 Å². The number of fused-ring (bicyclic) bond motifs is 1. The molecule has 0 amide bonds. The highest BCUT2D eigenvalue weighted by Gasteiger charge is 2.20. The molecule has 3 rings (SSSR count). The molecule has 0 radical (unpaired) electrons. The molecule has 1 aromatic heterocycles. The standard InChI is InChI=1S/C13H15BrFN3OS/c1-17-2-3-19-8(6-17)7-18-12-5-10(15)9(14)4-11(12)16-13(18)20/h4-5,8H,2-3,6-7H2,1H3,(H,16,20). The van der Waals surface area contributed by atoms with E-state index >= 15 is 0 Å². The van der Waals surface area contributed by atoms with Gasteiger partial charge in [0.25, 0.3) is 0 Å². The monoisotopic (exact) mass is 359 g/mol. The van der Waals surface area contributed by atoms with E-state index in [2.05, 4.69) is 32.9 Å². The highest BCUT2D eigenvalue weighted by Crippen LogP contribution is 2.23. The SMILES string of the molecule is CN1CCOC(Cn2c(=S)[nH]c3cc(Br)c(F)cc32)C1. The van der Waals surface area contributed by atoms with Crippen molar-refractivity contribution in [2.75, 3.05) is 26.7 Å². The van der Waals surface area contributed by atoms with Crippen LogP contribution < -0.4 is 0 Å². The smallest absolute Gasteiger partial charge is 0.178 e. The predicted molar refractivity (Wildman–Crippen MR) is 82.0 cm³/mol. The number of rotatable bonds is 2. The van der Waals surface area contributed by atoms with E-state index < -0.39 is 0 Å². The molecule has 4 nitrogen and oxygen atoms in total. The van der Waals surface area contributed by atoms with Gasteiger partial charge in [-0.25, -0.2) is 4.39 Å². The molecule has 1 saturated heterocycles. The van der Waals surface area contributed by atoms with E-state index in [0.29, 0.717) is 15.8 Å². The molecule has 1 fully saturated rings. The molecule has 0 spiro atoms. The normalized spacial score (nSPS) is 20.6. The van der Waals surface area contributed by atoms with Gasteiger partial charge in [0.1, 0.15) is 5.82 Å². The summed E-state index contributed by atoms with van der Waals surface area (Å²) >= 11 is 8.52. The fourth-order valence-corrected chi connectivity index (χ4v) is 3.14. The van der Waals surface area contributed by atoms with Crippen LogP contribution in [-0.4, -0.2) is 47.3 Å². The number of aromatic amines is 1. The van der Waals surface area contributed by atoms with Gasteiger partial charge in [-0.15, -0.1) is 0 Å². The highest BCUT2D eigenvalue weighted by atomic mass is 79.9. The van der Waals surface area contributed by atoms with Gasteiger partial charge in [-0.05, 0) is 41.3 Å². The third-order valence-corrected chi connectivity index (χ3v) is 4.47. The van der Waals surface area contributed by atoms with E-state index in [1.807, 2.05) is 4.57 Å². The Morgan fingerprint density at radius 3 is 3.10 bits per heavy atom. The number of likely N-dealkylation sites (N-methyl/N-ethyl adjacent to an activating group) is 1. The number of aromatic nitrogens is 2. The van der Waals surface area contributed by atoms with Crippen molar-refractivity contribution in [2.45, 2.75) is 12.6 Å². The maximum absolute atomic E-state index is 13.7. The van der Waals surface area contributed by atoms with E-state index in [-0.39, 0.29) is 11.9 Å². The molecule has 108 valence electrons. The fourth-order valence-electron chi connectivity index (χ4n) is 2.51. The minimum Gasteiger partial charge on any atom is -0.374 e. The molecule has 0 aliphatic carbocycles. The van der Waals surface area contributed by atoms with Gasteiger partial charge in [0.2, 0.25) is 0 Å². The van der Waals surface area contributed by atoms with Gasteiger partial charge < -0.3 is 19.2 Å². The third kappa shape index (κ3) is 2.67. The fraction of sp³-hybridized carbons (Fsp3) is 0.462. The average molecular weight is 360 g/mol. The summed E-state index contributed by atoms with van der Waals surface area (Å²) in [7, 11) is 2.07. The van der Waals surface area contributed by atoms with Crippen molar-refractivity contribution in [3.05, 3.63) is 27.2 Å². The zero-order valence-corrected chi connectivity index (χ0v) is 13.4. The van der Waals surface area contributed by atoms with Gasteiger partial charge in [-0.2, -0.15) is 0 Å². The van der Waals surface area contributed by atoms with Crippen LogP contribution in [0.4, 0.5) is 4.39 Å². The molecular weight excluding hydrogens is 345 g/mol. The van der Waals surface area contributed by atoms with Crippen molar-refractivity contribution in [1.29, 1.82) is 0 Å². The number of hydrogen-bond donors (Lipinski definition) is 1. The number of ether oxygens (including phenoxy) is 1. The largest absolute Gasteiger partial charge is 0.374 e. The van der Waals surface area contributed by atoms with Crippen LogP contribution >= 0.6 is 28.1 Å². The first-order valence-electron chi connectivity index (χ1n) is 6.42. The summed E-state index contributed by atoms with van der Waals surface area (Å²) < 4.78 is 22.4. The molecule has 1 atom stereocenters. The van der Waals surface area contributed by atoms with E-state index in [9.17, 15) is 4.39 Å². The molecule has 1 aliphatic rings. The van der Waals surface area contributed by atoms with E-state index in [1.165, 1.54) is 6.07 Å². The zero-order chi connectivity index (χ0) is 14.3. The van der Waals surface area contributed by atoms with E-state index in [0.717, 1.165) is 30.7 Å². The van der Waals surface area contributed by atoms with Gasteiger partial charge in [-0.1, -0.05) is 0 Å². The van der Waals surface area contributed by atoms with Crippen molar-refractivity contribution in [3.63, 3.8) is 0 Å². The zero-order valence-electron chi connectivity index (χ0n) is 11.0. The second-order valence-corrected chi connectivity index (χ2v) is 6.32. The quantitative estimate of drug-likeness (QED) is 0.836. The number of H-pyrrole nitrogens is 1. The summed E-state index contributed by atoms with van der Waals surface area (Å²) in [6.07, 6.45) is 0.0751. The minimum absolute atomic E-state index is 0.0751. The van der Waals surface area contributed by atoms with Crippen LogP contribution in [0.3, 0.4) is 0 Å². The highest BCUT2D eigenvalue weighted by molar-refractivity contribution is 9.10. The van der Waals surface area contributed by atoms with Crippen LogP contribution in [0.1, 0.15) is 0 Å². The van der Waals surface area contributed by atoms with Gasteiger partial charge in [-0.3, -0.25) is 0 Å². The van der Waals surface area contributed by atoms with Gasteiger partial charge >= 0.3 is 0 Å². The lowest BCUT2D eigenvalue weighted by Crippen LogP contribution is -2.41. The summed E-state index contributed by atoms with van der Waals surface area (Å²) in [4.78, 5) is 5.33. The maximum Gasteiger partial charge on any atom is 0.178 e. The number of imidazole rings is 1. The van der Waals surface area contributed by atoms with Crippen LogP contribution in [0, 0.1) is 10.6 Å². The molecule has 0 saturated carbocycles. The molecule has 1 aromatic carbocycles. The molecular formula is C13H15BrFN3OS. The van der Waals surface area contributed by atoms with E-state index in [4.69, 9.17) is 17.0 Å². The Morgan fingerprint density at radius 1 is 1.55 bits per heavy atom. The first-order valence-corrected chi connectivity index (χ1v) is 7.62. The Balaban J connectivity index is 1.96. The Hall–Kier alpha value is -0.760. The summed E-state index contributed by atoms with van der Waals surface area (Å²) in [5.41, 5.74) is 1.60. The Bertz CT molecular complexity index is 699. The number of hydrogen-bond acceptors (Lipinski definition) is 3. The van der Waals surface area contributed by atoms with Crippen molar-refractivity contribution >= 4 is 39.2 Å². The summed E-state index contributed by atoms with van der Waals surface area (Å²) in [5, 5.41) is 0. The predicted octanol–water partition coefficient (Wildman–Crippen LogP) is 2.93. The van der Waals surface area contributed by atoms with Gasteiger partial charge in [0.05, 0.1) is 34.8 Å². The first-order chi connectivity index (χ1) is 9.54. The molecule has 20 heavy (non-hydrogen) atoms. The lowest BCUT2D eigenvalue weighted by molar-refractivity contribution is -0.0271. The van der Waals surface area contributed by atoms with Crippen LogP contribution in [0.25, 0.3) is 11.0 Å². The number of halogens is 2. The second-order valence-electron chi connectivity index (χ2n) is 5.08. The van der Waals surface area contributed by atoms with Crippen molar-refractivity contribution in [3.8, 4) is 0 Å². The minimum atomic E-state index is -0.290.